The van der Waals surface area contributed by atoms with E-state index in [2.05, 4.69) is 13.8 Å². The van der Waals surface area contributed by atoms with Gasteiger partial charge in [0.1, 0.15) is 0 Å². The van der Waals surface area contributed by atoms with E-state index in [-0.39, 0.29) is 0 Å². The number of hydrogen-bond donors (Lipinski definition) is 0. The summed E-state index contributed by atoms with van der Waals surface area (Å²) < 4.78 is 4.83. The average Bonchev–Trinajstić information content (AvgIpc) is 2.15. The minimum atomic E-state index is 0.844. The molecule has 0 aromatic heterocycles. The van der Waals surface area contributed by atoms with E-state index in [4.69, 9.17) is 4.74 Å². The summed E-state index contributed by atoms with van der Waals surface area (Å²) in [5.41, 5.74) is 0. The predicted octanol–water partition coefficient (Wildman–Crippen LogP) is 4.41. The summed E-state index contributed by atoms with van der Waals surface area (Å²) in [6, 6.07) is 0. The Morgan fingerprint density at radius 1 is 0.615 bits per heavy atom. The quantitative estimate of drug-likeness (QED) is 0.538. The maximum Gasteiger partial charge on any atom is 0.0437 e. The van der Waals surface area contributed by atoms with Crippen LogP contribution in [0.5, 0.6) is 0 Å². The highest BCUT2D eigenvalue weighted by Crippen LogP contribution is 2.03. The Balaban J connectivity index is 0. The maximum absolute atomic E-state index is 4.83. The molecule has 0 unspecified atom stereocenters. The Hall–Kier alpha value is -0.0400. The third-order valence-corrected chi connectivity index (χ3v) is 1.87. The first-order valence-corrected chi connectivity index (χ1v) is 5.91. The Bertz CT molecular complexity index is 54.1. The Morgan fingerprint density at radius 3 is 1.15 bits per heavy atom. The smallest absolute Gasteiger partial charge is 0.0437 e. The standard InChI is InChI=1S/C8H18.C4H10O/c1-3-5-7-8-6-4-2;1-3-5-4-2/h3-8H2,1-2H3;3-4H2,1-2H3. The van der Waals surface area contributed by atoms with E-state index in [0.717, 1.165) is 13.2 Å². The molecule has 0 aliphatic heterocycles. The first kappa shape index (κ1) is 15.4. The second kappa shape index (κ2) is 17.9. The van der Waals surface area contributed by atoms with Crippen molar-refractivity contribution in [3.63, 3.8) is 0 Å². The lowest BCUT2D eigenvalue weighted by molar-refractivity contribution is 0.162. The van der Waals surface area contributed by atoms with Crippen molar-refractivity contribution in [2.45, 2.75) is 66.2 Å². The summed E-state index contributed by atoms with van der Waals surface area (Å²) in [5, 5.41) is 0. The lowest BCUT2D eigenvalue weighted by Crippen LogP contribution is -1.84. The number of rotatable bonds is 7. The lowest BCUT2D eigenvalue weighted by Gasteiger charge is -1.93. The van der Waals surface area contributed by atoms with Crippen LogP contribution in [0.25, 0.3) is 0 Å². The zero-order chi connectivity index (χ0) is 10.4. The summed E-state index contributed by atoms with van der Waals surface area (Å²) in [6.45, 7) is 10.2. The van der Waals surface area contributed by atoms with E-state index >= 15 is 0 Å². The topological polar surface area (TPSA) is 9.23 Å². The van der Waals surface area contributed by atoms with Gasteiger partial charge in [0.25, 0.3) is 0 Å². The van der Waals surface area contributed by atoms with Crippen LogP contribution in [0.15, 0.2) is 0 Å². The van der Waals surface area contributed by atoms with Gasteiger partial charge in [-0.25, -0.2) is 0 Å². The highest BCUT2D eigenvalue weighted by atomic mass is 16.5. The number of unbranched alkanes of at least 4 members (excludes halogenated alkanes) is 5. The molecule has 0 N–H and O–H groups in total. The SMILES string of the molecule is CCCCCCCC.CCOCC. The fourth-order valence-electron chi connectivity index (χ4n) is 1.06. The van der Waals surface area contributed by atoms with Crippen LogP contribution in [0, 0.1) is 0 Å². The molecule has 0 aromatic carbocycles. The lowest BCUT2D eigenvalue weighted by atomic mass is 10.1. The molecule has 0 saturated carbocycles. The minimum Gasteiger partial charge on any atom is -0.382 e. The third-order valence-electron chi connectivity index (χ3n) is 1.87. The molecule has 0 bridgehead atoms. The summed E-state index contributed by atoms with van der Waals surface area (Å²) in [5.74, 6) is 0. The zero-order valence-electron chi connectivity index (χ0n) is 10.1. The number of ether oxygens (including phenoxy) is 1. The third kappa shape index (κ3) is 24.5. The number of hydrogen-bond acceptors (Lipinski definition) is 1. The van der Waals surface area contributed by atoms with Crippen molar-refractivity contribution in [3.05, 3.63) is 0 Å². The molecule has 82 valence electrons. The molecule has 0 spiro atoms. The van der Waals surface area contributed by atoms with Gasteiger partial charge in [0.15, 0.2) is 0 Å². The van der Waals surface area contributed by atoms with Gasteiger partial charge in [0.2, 0.25) is 0 Å². The van der Waals surface area contributed by atoms with Crippen LogP contribution >= 0.6 is 0 Å². The molecule has 0 amide bonds. The van der Waals surface area contributed by atoms with Crippen molar-refractivity contribution < 1.29 is 4.74 Å². The van der Waals surface area contributed by atoms with Gasteiger partial charge < -0.3 is 4.74 Å². The molecule has 0 aliphatic carbocycles. The van der Waals surface area contributed by atoms with Crippen LogP contribution in [0.4, 0.5) is 0 Å². The second-order valence-electron chi connectivity index (χ2n) is 3.20. The van der Waals surface area contributed by atoms with Crippen LogP contribution < -0.4 is 0 Å². The van der Waals surface area contributed by atoms with Crippen LogP contribution in [0.3, 0.4) is 0 Å². The second-order valence-corrected chi connectivity index (χ2v) is 3.20. The maximum atomic E-state index is 4.83. The van der Waals surface area contributed by atoms with E-state index in [9.17, 15) is 0 Å². The van der Waals surface area contributed by atoms with Gasteiger partial charge in [-0.3, -0.25) is 0 Å². The van der Waals surface area contributed by atoms with Crippen molar-refractivity contribution in [3.8, 4) is 0 Å². The van der Waals surface area contributed by atoms with Gasteiger partial charge in [-0.1, -0.05) is 52.4 Å². The molecule has 0 heterocycles. The van der Waals surface area contributed by atoms with Crippen molar-refractivity contribution in [1.29, 1.82) is 0 Å². The molecular weight excluding hydrogens is 160 g/mol. The van der Waals surface area contributed by atoms with Crippen molar-refractivity contribution in [2.75, 3.05) is 13.2 Å². The predicted molar refractivity (Wildman–Crippen MR) is 61.2 cm³/mol. The monoisotopic (exact) mass is 188 g/mol. The molecule has 0 atom stereocenters. The zero-order valence-corrected chi connectivity index (χ0v) is 10.1. The fourth-order valence-corrected chi connectivity index (χ4v) is 1.06. The van der Waals surface area contributed by atoms with Crippen LogP contribution in [0.1, 0.15) is 66.2 Å². The van der Waals surface area contributed by atoms with Gasteiger partial charge >= 0.3 is 0 Å². The van der Waals surface area contributed by atoms with Gasteiger partial charge in [-0.05, 0) is 13.8 Å². The molecule has 13 heavy (non-hydrogen) atoms. The Morgan fingerprint density at radius 2 is 1.00 bits per heavy atom. The summed E-state index contributed by atoms with van der Waals surface area (Å²) in [4.78, 5) is 0. The molecule has 0 radical (unpaired) electrons. The molecule has 1 nitrogen and oxygen atoms in total. The van der Waals surface area contributed by atoms with Gasteiger partial charge in [-0.2, -0.15) is 0 Å². The molecular formula is C12H28O. The van der Waals surface area contributed by atoms with E-state index in [1.54, 1.807) is 0 Å². The minimum absolute atomic E-state index is 0.844. The van der Waals surface area contributed by atoms with E-state index in [0.29, 0.717) is 0 Å². The average molecular weight is 188 g/mol. The first-order chi connectivity index (χ1) is 6.33. The molecule has 0 aliphatic rings. The molecule has 0 aromatic rings. The largest absolute Gasteiger partial charge is 0.382 e. The molecule has 0 rings (SSSR count). The van der Waals surface area contributed by atoms with E-state index in [1.807, 2.05) is 13.8 Å². The normalized spacial score (nSPS) is 9.23. The van der Waals surface area contributed by atoms with E-state index < -0.39 is 0 Å². The van der Waals surface area contributed by atoms with Crippen molar-refractivity contribution in [2.24, 2.45) is 0 Å². The van der Waals surface area contributed by atoms with Crippen molar-refractivity contribution in [1.82, 2.24) is 0 Å². The Kier molecular flexibility index (Phi) is 21.2. The Labute approximate surface area is 84.9 Å². The van der Waals surface area contributed by atoms with E-state index in [1.165, 1.54) is 38.5 Å². The summed E-state index contributed by atoms with van der Waals surface area (Å²) in [7, 11) is 0. The van der Waals surface area contributed by atoms with Gasteiger partial charge in [0, 0.05) is 13.2 Å². The molecule has 1 heteroatoms. The molecule has 0 fully saturated rings. The van der Waals surface area contributed by atoms with Crippen molar-refractivity contribution >= 4 is 0 Å². The van der Waals surface area contributed by atoms with Crippen LogP contribution in [0.2, 0.25) is 0 Å². The highest BCUT2D eigenvalue weighted by Gasteiger charge is 1.83. The van der Waals surface area contributed by atoms with Gasteiger partial charge in [-0.15, -0.1) is 0 Å². The summed E-state index contributed by atoms with van der Waals surface area (Å²) >= 11 is 0. The fraction of sp³-hybridized carbons (Fsp3) is 1.00. The van der Waals surface area contributed by atoms with Gasteiger partial charge in [0.05, 0.1) is 0 Å². The molecule has 0 saturated heterocycles. The highest BCUT2D eigenvalue weighted by molar-refractivity contribution is 4.39. The first-order valence-electron chi connectivity index (χ1n) is 5.91. The van der Waals surface area contributed by atoms with Crippen LogP contribution in [-0.2, 0) is 4.74 Å². The van der Waals surface area contributed by atoms with Crippen LogP contribution in [-0.4, -0.2) is 13.2 Å². The summed E-state index contributed by atoms with van der Waals surface area (Å²) in [6.07, 6.45) is 8.49.